The zero-order chi connectivity index (χ0) is 19.0. The molecule has 1 aliphatic rings. The van der Waals surface area contributed by atoms with E-state index in [1.807, 2.05) is 30.3 Å². The van der Waals surface area contributed by atoms with Gasteiger partial charge in [-0.15, -0.1) is 0 Å². The van der Waals surface area contributed by atoms with Crippen molar-refractivity contribution in [3.63, 3.8) is 0 Å². The van der Waals surface area contributed by atoms with Crippen molar-refractivity contribution >= 4 is 26.8 Å². The molecule has 142 valence electrons. The van der Waals surface area contributed by atoms with Crippen LogP contribution < -0.4 is 10.6 Å². The molecule has 0 radical (unpaired) electrons. The number of hydrogen-bond acceptors (Lipinski definition) is 5. The number of benzene rings is 2. The third kappa shape index (κ3) is 3.70. The Morgan fingerprint density at radius 2 is 1.89 bits per heavy atom. The van der Waals surface area contributed by atoms with Crippen LogP contribution in [0, 0.1) is 0 Å². The summed E-state index contributed by atoms with van der Waals surface area (Å²) in [6.45, 7) is 2.38. The van der Waals surface area contributed by atoms with Gasteiger partial charge in [-0.1, -0.05) is 24.3 Å². The number of sulfone groups is 1. The molecule has 3 aromatic rings. The fourth-order valence-electron chi connectivity index (χ4n) is 3.68. The van der Waals surface area contributed by atoms with Crippen LogP contribution in [0.4, 0.5) is 5.95 Å². The van der Waals surface area contributed by atoms with E-state index in [4.69, 9.17) is 10.7 Å². The molecule has 27 heavy (non-hydrogen) atoms. The standard InChI is InChI=1S/C20H24N4O2S/c1-27(25,26)17-10-8-15(9-11-17)13-24-19-7-3-2-6-18(19)22-20(24)23-12-4-5-16(21)14-23/h2-3,6-11,16H,4-5,12-14,21H2,1H3/t16-/m1/s1. The first-order valence-corrected chi connectivity index (χ1v) is 11.1. The topological polar surface area (TPSA) is 81.2 Å². The van der Waals surface area contributed by atoms with Crippen LogP contribution in [0.3, 0.4) is 0 Å². The van der Waals surface area contributed by atoms with Gasteiger partial charge >= 0.3 is 0 Å². The number of piperidine rings is 1. The summed E-state index contributed by atoms with van der Waals surface area (Å²) in [5, 5.41) is 0. The highest BCUT2D eigenvalue weighted by atomic mass is 32.2. The Morgan fingerprint density at radius 1 is 1.15 bits per heavy atom. The fraction of sp³-hybridized carbons (Fsp3) is 0.350. The largest absolute Gasteiger partial charge is 0.341 e. The van der Waals surface area contributed by atoms with Gasteiger partial charge in [-0.2, -0.15) is 0 Å². The summed E-state index contributed by atoms with van der Waals surface area (Å²) in [5.41, 5.74) is 9.24. The molecule has 0 spiro atoms. The number of nitrogens with two attached hydrogens (primary N) is 1. The maximum absolute atomic E-state index is 11.7. The first-order chi connectivity index (χ1) is 12.9. The third-order valence-corrected chi connectivity index (χ3v) is 6.20. The van der Waals surface area contributed by atoms with E-state index in [0.29, 0.717) is 11.4 Å². The summed E-state index contributed by atoms with van der Waals surface area (Å²) in [6.07, 6.45) is 3.33. The number of hydrogen-bond donors (Lipinski definition) is 1. The summed E-state index contributed by atoms with van der Waals surface area (Å²) < 4.78 is 25.6. The number of rotatable bonds is 4. The van der Waals surface area contributed by atoms with Crippen LogP contribution >= 0.6 is 0 Å². The van der Waals surface area contributed by atoms with E-state index in [-0.39, 0.29) is 6.04 Å². The maximum atomic E-state index is 11.7. The molecule has 4 rings (SSSR count). The molecule has 0 saturated carbocycles. The van der Waals surface area contributed by atoms with E-state index < -0.39 is 9.84 Å². The van der Waals surface area contributed by atoms with E-state index in [0.717, 1.165) is 48.5 Å². The second-order valence-corrected chi connectivity index (χ2v) is 9.27. The highest BCUT2D eigenvalue weighted by Crippen LogP contribution is 2.26. The molecule has 0 amide bonds. The Bertz CT molecular complexity index is 1060. The van der Waals surface area contributed by atoms with Crippen LogP contribution in [0.2, 0.25) is 0 Å². The molecular weight excluding hydrogens is 360 g/mol. The van der Waals surface area contributed by atoms with Crippen LogP contribution in [-0.4, -0.2) is 43.4 Å². The van der Waals surface area contributed by atoms with Crippen molar-refractivity contribution in [2.75, 3.05) is 24.2 Å². The van der Waals surface area contributed by atoms with Gasteiger partial charge in [0.1, 0.15) is 0 Å². The molecule has 1 fully saturated rings. The Hall–Kier alpha value is -2.38. The zero-order valence-corrected chi connectivity index (χ0v) is 16.2. The predicted octanol–water partition coefficient (Wildman–Crippen LogP) is 2.42. The Morgan fingerprint density at radius 3 is 2.59 bits per heavy atom. The lowest BCUT2D eigenvalue weighted by molar-refractivity contribution is 0.495. The highest BCUT2D eigenvalue weighted by molar-refractivity contribution is 7.90. The Labute approximate surface area is 159 Å². The molecule has 0 bridgehead atoms. The van der Waals surface area contributed by atoms with Crippen LogP contribution in [0.25, 0.3) is 11.0 Å². The minimum Gasteiger partial charge on any atom is -0.341 e. The van der Waals surface area contributed by atoms with Gasteiger partial charge in [-0.3, -0.25) is 0 Å². The number of para-hydroxylation sites is 2. The molecule has 0 aliphatic carbocycles. The lowest BCUT2D eigenvalue weighted by Gasteiger charge is -2.32. The second kappa shape index (κ2) is 6.98. The molecule has 2 N–H and O–H groups in total. The molecule has 2 heterocycles. The van der Waals surface area contributed by atoms with Crippen molar-refractivity contribution < 1.29 is 8.42 Å². The SMILES string of the molecule is CS(=O)(=O)c1ccc(Cn2c(N3CCC[C@@H](N)C3)nc3ccccc32)cc1. The monoisotopic (exact) mass is 384 g/mol. The Balaban J connectivity index is 1.72. The number of imidazole rings is 1. The van der Waals surface area contributed by atoms with E-state index in [9.17, 15) is 8.42 Å². The predicted molar refractivity (Wildman–Crippen MR) is 108 cm³/mol. The first-order valence-electron chi connectivity index (χ1n) is 9.16. The van der Waals surface area contributed by atoms with Crippen molar-refractivity contribution in [1.82, 2.24) is 9.55 Å². The quantitative estimate of drug-likeness (QED) is 0.747. The smallest absolute Gasteiger partial charge is 0.206 e. The van der Waals surface area contributed by atoms with Gasteiger partial charge in [0, 0.05) is 25.4 Å². The maximum Gasteiger partial charge on any atom is 0.206 e. The van der Waals surface area contributed by atoms with Crippen LogP contribution in [0.1, 0.15) is 18.4 Å². The van der Waals surface area contributed by atoms with E-state index >= 15 is 0 Å². The van der Waals surface area contributed by atoms with Gasteiger partial charge in [-0.05, 0) is 42.7 Å². The van der Waals surface area contributed by atoms with Crippen LogP contribution in [0.15, 0.2) is 53.4 Å². The van der Waals surface area contributed by atoms with Crippen molar-refractivity contribution in [3.8, 4) is 0 Å². The zero-order valence-electron chi connectivity index (χ0n) is 15.4. The number of anilines is 1. The molecule has 1 saturated heterocycles. The van der Waals surface area contributed by atoms with Gasteiger partial charge in [-0.25, -0.2) is 13.4 Å². The average Bonchev–Trinajstić information content (AvgIpc) is 3.00. The fourth-order valence-corrected chi connectivity index (χ4v) is 4.31. The van der Waals surface area contributed by atoms with Crippen LogP contribution in [0.5, 0.6) is 0 Å². The van der Waals surface area contributed by atoms with Crippen LogP contribution in [-0.2, 0) is 16.4 Å². The number of nitrogens with zero attached hydrogens (tertiary/aromatic N) is 3. The molecule has 1 aliphatic heterocycles. The minimum absolute atomic E-state index is 0.168. The summed E-state index contributed by atoms with van der Waals surface area (Å²) >= 11 is 0. The summed E-state index contributed by atoms with van der Waals surface area (Å²) in [4.78, 5) is 7.46. The molecule has 2 aromatic carbocycles. The van der Waals surface area contributed by atoms with Gasteiger partial charge in [0.2, 0.25) is 5.95 Å². The number of fused-ring (bicyclic) bond motifs is 1. The van der Waals surface area contributed by atoms with Crippen molar-refractivity contribution in [2.45, 2.75) is 30.3 Å². The second-order valence-electron chi connectivity index (χ2n) is 7.25. The summed E-state index contributed by atoms with van der Waals surface area (Å²) in [7, 11) is -3.19. The molecular formula is C20H24N4O2S. The average molecular weight is 385 g/mol. The summed E-state index contributed by atoms with van der Waals surface area (Å²) in [6, 6.07) is 15.3. The van der Waals surface area contributed by atoms with Crippen molar-refractivity contribution in [3.05, 3.63) is 54.1 Å². The van der Waals surface area contributed by atoms with Crippen molar-refractivity contribution in [1.29, 1.82) is 0 Å². The molecule has 7 heteroatoms. The minimum atomic E-state index is -3.19. The Kier molecular flexibility index (Phi) is 4.65. The van der Waals surface area contributed by atoms with E-state index in [1.165, 1.54) is 6.26 Å². The van der Waals surface area contributed by atoms with Gasteiger partial charge in [0.25, 0.3) is 0 Å². The normalized spacial score (nSPS) is 18.1. The first kappa shape index (κ1) is 18.0. The van der Waals surface area contributed by atoms with E-state index in [2.05, 4.69) is 15.5 Å². The molecule has 0 unspecified atom stereocenters. The lowest BCUT2D eigenvalue weighted by Crippen LogP contribution is -2.44. The van der Waals surface area contributed by atoms with E-state index in [1.54, 1.807) is 12.1 Å². The van der Waals surface area contributed by atoms with Crippen molar-refractivity contribution in [2.24, 2.45) is 5.73 Å². The number of aromatic nitrogens is 2. The van der Waals surface area contributed by atoms with Gasteiger partial charge in [0.05, 0.1) is 22.5 Å². The lowest BCUT2D eigenvalue weighted by atomic mass is 10.1. The molecule has 1 atom stereocenters. The van der Waals surface area contributed by atoms with Gasteiger partial charge < -0.3 is 15.2 Å². The third-order valence-electron chi connectivity index (χ3n) is 5.07. The molecule has 1 aromatic heterocycles. The highest BCUT2D eigenvalue weighted by Gasteiger charge is 2.22. The van der Waals surface area contributed by atoms with Gasteiger partial charge in [0.15, 0.2) is 9.84 Å². The summed E-state index contributed by atoms with van der Waals surface area (Å²) in [5.74, 6) is 0.929. The molecule has 6 nitrogen and oxygen atoms in total.